The Morgan fingerprint density at radius 3 is 1.96 bits per heavy atom. The molecule has 0 unspecified atom stereocenters. The number of aromatic amines is 2. The molecule has 0 aliphatic heterocycles. The van der Waals surface area contributed by atoms with Gasteiger partial charge >= 0.3 is 5.63 Å². The van der Waals surface area contributed by atoms with Crippen molar-refractivity contribution >= 4 is 16.9 Å². The molecule has 1 aromatic carbocycles. The maximum atomic E-state index is 10.7. The molecule has 0 radical (unpaired) electrons. The number of aliphatic carboxylic acids is 1. The van der Waals surface area contributed by atoms with Gasteiger partial charge in [0.1, 0.15) is 5.58 Å². The molecule has 8 nitrogen and oxygen atoms in total. The molecule has 0 spiro atoms. The topological polar surface area (TPSA) is 125 Å². The van der Waals surface area contributed by atoms with Gasteiger partial charge in [-0.2, -0.15) is 10.2 Å². The minimum Gasteiger partial charge on any atom is -0.481 e. The predicted octanol–water partition coefficient (Wildman–Crippen LogP) is 2.70. The van der Waals surface area contributed by atoms with Crippen molar-refractivity contribution in [2.24, 2.45) is 0 Å². The highest BCUT2D eigenvalue weighted by atomic mass is 16.4. The van der Waals surface area contributed by atoms with Crippen LogP contribution in [0.1, 0.15) is 6.92 Å². The smallest absolute Gasteiger partial charge is 0.336 e. The molecule has 0 bridgehead atoms. The van der Waals surface area contributed by atoms with Crippen molar-refractivity contribution in [1.82, 2.24) is 20.4 Å². The molecule has 4 aromatic rings. The van der Waals surface area contributed by atoms with Crippen LogP contribution in [0.15, 0.2) is 82.5 Å². The minimum absolute atomic E-state index is 0.302. The number of para-hydroxylation sites is 1. The number of benzene rings is 1. The lowest BCUT2D eigenvalue weighted by atomic mass is 10.2. The third kappa shape index (κ3) is 9.84. The van der Waals surface area contributed by atoms with E-state index >= 15 is 0 Å². The highest BCUT2D eigenvalue weighted by molar-refractivity contribution is 5.75. The Bertz CT molecular complexity index is 806. The van der Waals surface area contributed by atoms with Crippen molar-refractivity contribution < 1.29 is 14.3 Å². The molecule has 8 heteroatoms. The maximum Gasteiger partial charge on any atom is 0.336 e. The SMILES string of the molecule is CC(=O)O.O=c1ccc2ccccc2o1.c1cn[nH]c1.c1cn[nH]c1. The van der Waals surface area contributed by atoms with E-state index in [9.17, 15) is 4.79 Å². The zero-order valence-electron chi connectivity index (χ0n) is 13.5. The van der Waals surface area contributed by atoms with E-state index in [1.54, 1.807) is 36.9 Å². The molecule has 0 aliphatic rings. The van der Waals surface area contributed by atoms with Crippen LogP contribution in [0.2, 0.25) is 0 Å². The molecule has 0 aliphatic carbocycles. The van der Waals surface area contributed by atoms with E-state index in [1.165, 1.54) is 6.07 Å². The molecule has 0 atom stereocenters. The van der Waals surface area contributed by atoms with Crippen molar-refractivity contribution in [2.75, 3.05) is 0 Å². The van der Waals surface area contributed by atoms with Gasteiger partial charge in [-0.15, -0.1) is 0 Å². The first-order valence-corrected chi connectivity index (χ1v) is 7.15. The van der Waals surface area contributed by atoms with Crippen LogP contribution in [0, 0.1) is 0 Å². The number of hydrogen-bond donors (Lipinski definition) is 3. The number of rotatable bonds is 0. The summed E-state index contributed by atoms with van der Waals surface area (Å²) in [7, 11) is 0. The van der Waals surface area contributed by atoms with E-state index in [4.69, 9.17) is 14.3 Å². The molecular weight excluding hydrogens is 324 g/mol. The largest absolute Gasteiger partial charge is 0.481 e. The highest BCUT2D eigenvalue weighted by Gasteiger charge is 1.92. The fraction of sp³-hybridized carbons (Fsp3) is 0.0588. The monoisotopic (exact) mass is 342 g/mol. The average Bonchev–Trinajstić information content (AvgIpc) is 3.32. The lowest BCUT2D eigenvalue weighted by Crippen LogP contribution is -1.93. The van der Waals surface area contributed by atoms with Crippen LogP contribution in [-0.4, -0.2) is 31.5 Å². The first-order chi connectivity index (χ1) is 12.1. The van der Waals surface area contributed by atoms with Crippen LogP contribution in [0.5, 0.6) is 0 Å². The van der Waals surface area contributed by atoms with E-state index in [-0.39, 0.29) is 5.63 Å². The number of fused-ring (bicyclic) bond motifs is 1. The number of nitrogens with zero attached hydrogens (tertiary/aromatic N) is 2. The molecular formula is C17H18N4O4. The lowest BCUT2D eigenvalue weighted by Gasteiger charge is -1.91. The third-order valence-corrected chi connectivity index (χ3v) is 2.34. The molecule has 3 aromatic heterocycles. The molecule has 0 saturated carbocycles. The van der Waals surface area contributed by atoms with Crippen molar-refractivity contribution in [1.29, 1.82) is 0 Å². The molecule has 0 fully saturated rings. The number of aromatic nitrogens is 4. The Morgan fingerprint density at radius 1 is 0.960 bits per heavy atom. The average molecular weight is 342 g/mol. The summed E-state index contributed by atoms with van der Waals surface area (Å²) in [6.45, 7) is 1.08. The highest BCUT2D eigenvalue weighted by Crippen LogP contribution is 2.08. The first kappa shape index (κ1) is 19.4. The van der Waals surface area contributed by atoms with E-state index in [2.05, 4.69) is 20.4 Å². The number of carboxylic acid groups (broad SMARTS) is 1. The summed E-state index contributed by atoms with van der Waals surface area (Å²) in [6, 6.07) is 14.3. The fourth-order valence-corrected chi connectivity index (χ4v) is 1.44. The second-order valence-corrected chi connectivity index (χ2v) is 4.34. The molecule has 0 amide bonds. The zero-order valence-corrected chi connectivity index (χ0v) is 13.5. The van der Waals surface area contributed by atoms with Gasteiger partial charge in [-0.1, -0.05) is 18.2 Å². The number of carboxylic acids is 1. The van der Waals surface area contributed by atoms with E-state index in [1.807, 2.05) is 30.3 Å². The third-order valence-electron chi connectivity index (χ3n) is 2.34. The molecule has 25 heavy (non-hydrogen) atoms. The Balaban J connectivity index is 0.000000187. The van der Waals surface area contributed by atoms with Crippen molar-refractivity contribution in [3.8, 4) is 0 Å². The van der Waals surface area contributed by atoms with Crippen LogP contribution in [0.3, 0.4) is 0 Å². The van der Waals surface area contributed by atoms with Gasteiger partial charge in [0.2, 0.25) is 0 Å². The molecule has 4 rings (SSSR count). The van der Waals surface area contributed by atoms with Gasteiger partial charge in [-0.3, -0.25) is 15.0 Å². The van der Waals surface area contributed by atoms with Crippen LogP contribution in [0.25, 0.3) is 11.0 Å². The van der Waals surface area contributed by atoms with Gasteiger partial charge in [0.05, 0.1) is 0 Å². The number of carbonyl (C=O) groups is 1. The van der Waals surface area contributed by atoms with E-state index < -0.39 is 5.97 Å². The normalized spacial score (nSPS) is 8.68. The van der Waals surface area contributed by atoms with E-state index in [0.29, 0.717) is 5.58 Å². The van der Waals surface area contributed by atoms with Gasteiger partial charge in [-0.05, 0) is 24.3 Å². The number of hydrogen-bond acceptors (Lipinski definition) is 5. The van der Waals surface area contributed by atoms with Crippen LogP contribution < -0.4 is 5.63 Å². The minimum atomic E-state index is -0.833. The standard InChI is InChI=1S/C9H6O2.2C3H4N2.C2H4O2/c10-9-6-5-7-3-1-2-4-8(7)11-9;2*1-2-4-5-3-1;1-2(3)4/h1-6H;2*1-3H,(H,4,5);1H3,(H,3,4). The molecule has 0 saturated heterocycles. The predicted molar refractivity (Wildman–Crippen MR) is 93.0 cm³/mol. The van der Waals surface area contributed by atoms with E-state index in [0.717, 1.165) is 12.3 Å². The van der Waals surface area contributed by atoms with Crippen molar-refractivity contribution in [3.63, 3.8) is 0 Å². The summed E-state index contributed by atoms with van der Waals surface area (Å²) < 4.78 is 4.91. The Hall–Kier alpha value is -3.68. The summed E-state index contributed by atoms with van der Waals surface area (Å²) >= 11 is 0. The fourth-order valence-electron chi connectivity index (χ4n) is 1.44. The second kappa shape index (κ2) is 11.8. The maximum absolute atomic E-state index is 10.7. The molecule has 3 heterocycles. The summed E-state index contributed by atoms with van der Waals surface area (Å²) in [5.74, 6) is -0.833. The summed E-state index contributed by atoms with van der Waals surface area (Å²) in [6.07, 6.45) is 6.92. The van der Waals surface area contributed by atoms with Gasteiger partial charge in [0.15, 0.2) is 0 Å². The second-order valence-electron chi connectivity index (χ2n) is 4.34. The number of nitrogens with one attached hydrogen (secondary N) is 2. The van der Waals surface area contributed by atoms with Crippen LogP contribution in [-0.2, 0) is 4.79 Å². The molecule has 3 N–H and O–H groups in total. The first-order valence-electron chi connectivity index (χ1n) is 7.15. The quantitative estimate of drug-likeness (QED) is 0.422. The molecule has 130 valence electrons. The van der Waals surface area contributed by atoms with Crippen LogP contribution >= 0.6 is 0 Å². The van der Waals surface area contributed by atoms with Gasteiger partial charge in [0.25, 0.3) is 5.97 Å². The van der Waals surface area contributed by atoms with Gasteiger partial charge in [-0.25, -0.2) is 4.79 Å². The lowest BCUT2D eigenvalue weighted by molar-refractivity contribution is -0.134. The summed E-state index contributed by atoms with van der Waals surface area (Å²) in [4.78, 5) is 19.7. The van der Waals surface area contributed by atoms with Crippen molar-refractivity contribution in [3.05, 3.63) is 83.7 Å². The zero-order chi connectivity index (χ0) is 18.3. The van der Waals surface area contributed by atoms with Gasteiger partial charge < -0.3 is 9.52 Å². The van der Waals surface area contributed by atoms with Crippen molar-refractivity contribution in [2.45, 2.75) is 6.92 Å². The Labute approximate surface area is 143 Å². The summed E-state index contributed by atoms with van der Waals surface area (Å²) in [5, 5.41) is 20.8. The number of H-pyrrole nitrogens is 2. The Morgan fingerprint density at radius 2 is 1.52 bits per heavy atom. The Kier molecular flexibility index (Phi) is 9.16. The summed E-state index contributed by atoms with van der Waals surface area (Å²) in [5.41, 5.74) is 0.337. The van der Waals surface area contributed by atoms with Crippen LogP contribution in [0.4, 0.5) is 0 Å². The van der Waals surface area contributed by atoms with Gasteiger partial charge in [0, 0.05) is 43.2 Å².